The Labute approximate surface area is 238 Å². The molecule has 10 nitrogen and oxygen atoms in total. The number of thiazole rings is 1. The molecule has 1 saturated heterocycles. The lowest BCUT2D eigenvalue weighted by molar-refractivity contribution is -0.153. The summed E-state index contributed by atoms with van der Waals surface area (Å²) in [6.07, 6.45) is -7.17. The molecule has 42 heavy (non-hydrogen) atoms. The van der Waals surface area contributed by atoms with E-state index in [0.717, 1.165) is 24.1 Å². The maximum atomic E-state index is 14.2. The van der Waals surface area contributed by atoms with Crippen molar-refractivity contribution in [3.8, 4) is 0 Å². The van der Waals surface area contributed by atoms with Crippen molar-refractivity contribution in [1.82, 2.24) is 19.7 Å². The highest BCUT2D eigenvalue weighted by atomic mass is 32.1. The molecule has 0 aliphatic carbocycles. The van der Waals surface area contributed by atoms with Crippen LogP contribution in [0.5, 0.6) is 0 Å². The molecule has 1 fully saturated rings. The molecule has 1 amide bonds. The van der Waals surface area contributed by atoms with Crippen LogP contribution >= 0.6 is 11.3 Å². The van der Waals surface area contributed by atoms with Crippen molar-refractivity contribution in [2.45, 2.75) is 38.0 Å². The molecular weight excluding hydrogens is 594 g/mol. The number of anilines is 1. The van der Waals surface area contributed by atoms with Crippen molar-refractivity contribution >= 4 is 34.1 Å². The lowest BCUT2D eigenvalue weighted by Gasteiger charge is -2.39. The van der Waals surface area contributed by atoms with Gasteiger partial charge in [0.2, 0.25) is 5.91 Å². The van der Waals surface area contributed by atoms with E-state index in [2.05, 4.69) is 15.2 Å². The predicted molar refractivity (Wildman–Crippen MR) is 135 cm³/mol. The number of ether oxygens (including phenoxy) is 1. The summed E-state index contributed by atoms with van der Waals surface area (Å²) in [7, 11) is 1.12. The molecule has 224 valence electrons. The fraction of sp³-hybridized carbons (Fsp3) is 0.400. The molecule has 2 aliphatic rings. The van der Waals surface area contributed by atoms with E-state index >= 15 is 0 Å². The van der Waals surface area contributed by atoms with Gasteiger partial charge in [-0.15, -0.1) is 11.3 Å². The molecule has 5 rings (SSSR count). The molecular formula is C25H22F6N6O4S. The van der Waals surface area contributed by atoms with E-state index in [1.807, 2.05) is 0 Å². The minimum atomic E-state index is -3.15. The molecule has 2 unspecified atom stereocenters. The molecule has 0 spiro atoms. The number of aromatic nitrogens is 3. The highest BCUT2D eigenvalue weighted by molar-refractivity contribution is 7.14. The maximum Gasteiger partial charge on any atom is 0.330 e. The summed E-state index contributed by atoms with van der Waals surface area (Å²) in [6.45, 7) is -0.716. The lowest BCUT2D eigenvalue weighted by atomic mass is 10.0. The molecule has 2 aromatic heterocycles. The minimum absolute atomic E-state index is 0.0425. The second-order valence-electron chi connectivity index (χ2n) is 9.31. The number of rotatable bonds is 8. The molecule has 3 aromatic rings. The van der Waals surface area contributed by atoms with Gasteiger partial charge in [-0.05, 0) is 18.2 Å². The van der Waals surface area contributed by atoms with Crippen molar-refractivity contribution in [3.05, 3.63) is 63.9 Å². The molecule has 2 atom stereocenters. The molecule has 0 N–H and O–H groups in total. The summed E-state index contributed by atoms with van der Waals surface area (Å²) in [5, 5.41) is 9.48. The van der Waals surface area contributed by atoms with Crippen LogP contribution in [-0.2, 0) is 25.7 Å². The van der Waals surface area contributed by atoms with Gasteiger partial charge >= 0.3 is 5.97 Å². The lowest BCUT2D eigenvalue weighted by Crippen LogP contribution is -2.59. The van der Waals surface area contributed by atoms with Gasteiger partial charge in [0.1, 0.15) is 47.0 Å². The van der Waals surface area contributed by atoms with E-state index in [9.17, 15) is 35.9 Å². The monoisotopic (exact) mass is 616 g/mol. The van der Waals surface area contributed by atoms with E-state index in [-0.39, 0.29) is 31.6 Å². The second-order valence-corrected chi connectivity index (χ2v) is 10.1. The highest BCUT2D eigenvalue weighted by Crippen LogP contribution is 2.34. The zero-order valence-electron chi connectivity index (χ0n) is 21.7. The van der Waals surface area contributed by atoms with Crippen molar-refractivity contribution in [1.29, 1.82) is 0 Å². The van der Waals surface area contributed by atoms with Crippen LogP contribution in [0.25, 0.3) is 0 Å². The van der Waals surface area contributed by atoms with Gasteiger partial charge in [0.25, 0.3) is 12.9 Å². The number of benzene rings is 1. The van der Waals surface area contributed by atoms with E-state index in [1.165, 1.54) is 17.4 Å². The summed E-state index contributed by atoms with van der Waals surface area (Å²) < 4.78 is 86.6. The first-order chi connectivity index (χ1) is 20.1. The topological polar surface area (TPSA) is 102 Å². The average molecular weight is 617 g/mol. The third-order valence-corrected chi connectivity index (χ3v) is 7.69. The smallest absolute Gasteiger partial charge is 0.330 e. The summed E-state index contributed by atoms with van der Waals surface area (Å²) in [5.74, 6) is -3.09. The maximum absolute atomic E-state index is 14.2. The van der Waals surface area contributed by atoms with Crippen LogP contribution in [0.15, 0.2) is 34.8 Å². The number of oxime groups is 1. The van der Waals surface area contributed by atoms with Gasteiger partial charge in [0.15, 0.2) is 11.2 Å². The second kappa shape index (κ2) is 12.0. The Bertz CT molecular complexity index is 1490. The third-order valence-electron chi connectivity index (χ3n) is 6.78. The number of piperazine rings is 1. The van der Waals surface area contributed by atoms with Crippen LogP contribution in [0.2, 0.25) is 0 Å². The fourth-order valence-corrected chi connectivity index (χ4v) is 5.59. The zero-order valence-corrected chi connectivity index (χ0v) is 22.5. The molecule has 17 heteroatoms. The minimum Gasteiger partial charge on any atom is -0.467 e. The van der Waals surface area contributed by atoms with Crippen molar-refractivity contribution < 1.29 is 45.5 Å². The number of hydrogen-bond donors (Lipinski definition) is 0. The van der Waals surface area contributed by atoms with Crippen LogP contribution < -0.4 is 4.90 Å². The normalized spacial score (nSPS) is 18.9. The van der Waals surface area contributed by atoms with Crippen molar-refractivity contribution in [2.75, 3.05) is 31.6 Å². The molecule has 1 aromatic carbocycles. The molecule has 4 heterocycles. The average Bonchev–Trinajstić information content (AvgIpc) is 3.72. The standard InChI is InChI=1S/C25H22F6N6O4S/c1-40-24(39)18-9-35(5-6-36(18)20(38)10-37-17(23(30)31)7-15(33-37)22(28)29)25-32-16(11-42-25)14-8-19(41-34-14)21-12(26)3-2-4-13(21)27/h2-4,7,11,18-19,22-23H,5-6,8-10H2,1H3. The first-order valence-electron chi connectivity index (χ1n) is 12.5. The third kappa shape index (κ3) is 5.77. The molecule has 0 radical (unpaired) electrons. The number of hydrogen-bond acceptors (Lipinski definition) is 9. The summed E-state index contributed by atoms with van der Waals surface area (Å²) >= 11 is 1.20. The molecule has 0 saturated carbocycles. The SMILES string of the molecule is COC(=O)C1CN(c2nc(C3=NOC(c4c(F)cccc4F)C3)cs2)CCN1C(=O)Cn1nc(C(F)F)cc1C(F)F. The largest absolute Gasteiger partial charge is 0.467 e. The van der Waals surface area contributed by atoms with E-state index < -0.39 is 66.4 Å². The number of nitrogens with zero attached hydrogens (tertiary/aromatic N) is 6. The van der Waals surface area contributed by atoms with Crippen molar-refractivity contribution in [2.24, 2.45) is 5.16 Å². The Morgan fingerprint density at radius 1 is 1.14 bits per heavy atom. The van der Waals surface area contributed by atoms with Crippen molar-refractivity contribution in [3.63, 3.8) is 0 Å². The van der Waals surface area contributed by atoms with Gasteiger partial charge in [-0.1, -0.05) is 11.2 Å². The van der Waals surface area contributed by atoms with Crippen LogP contribution in [0.4, 0.5) is 31.5 Å². The van der Waals surface area contributed by atoms with Crippen LogP contribution in [-0.4, -0.2) is 70.0 Å². The Morgan fingerprint density at radius 3 is 2.55 bits per heavy atom. The van der Waals surface area contributed by atoms with Gasteiger partial charge in [0, 0.05) is 24.9 Å². The van der Waals surface area contributed by atoms with Gasteiger partial charge in [0.05, 0.1) is 19.2 Å². The fourth-order valence-electron chi connectivity index (χ4n) is 4.72. The van der Waals surface area contributed by atoms with Crippen LogP contribution in [0.1, 0.15) is 48.0 Å². The van der Waals surface area contributed by atoms with Crippen LogP contribution in [0.3, 0.4) is 0 Å². The van der Waals surface area contributed by atoms with E-state index in [0.29, 0.717) is 27.3 Å². The first kappa shape index (κ1) is 29.3. The quantitative estimate of drug-likeness (QED) is 0.276. The number of methoxy groups -OCH3 is 1. The Hall–Kier alpha value is -4.15. The Morgan fingerprint density at radius 2 is 1.88 bits per heavy atom. The van der Waals surface area contributed by atoms with E-state index in [4.69, 9.17) is 9.57 Å². The van der Waals surface area contributed by atoms with Crippen LogP contribution in [0, 0.1) is 11.6 Å². The summed E-state index contributed by atoms with van der Waals surface area (Å²) in [5.41, 5.74) is -1.22. The molecule has 2 aliphatic heterocycles. The first-order valence-corrected chi connectivity index (χ1v) is 13.3. The number of alkyl halides is 4. The molecule has 0 bridgehead atoms. The van der Waals surface area contributed by atoms with Gasteiger partial charge in [-0.3, -0.25) is 9.48 Å². The summed E-state index contributed by atoms with van der Waals surface area (Å²) in [4.78, 5) is 38.3. The number of halogens is 6. The Balaban J connectivity index is 1.28. The number of esters is 1. The number of carbonyl (C=O) groups excluding carboxylic acids is 2. The van der Waals surface area contributed by atoms with Gasteiger partial charge in [-0.25, -0.2) is 36.1 Å². The predicted octanol–water partition coefficient (Wildman–Crippen LogP) is 4.25. The zero-order chi connectivity index (χ0) is 30.1. The van der Waals surface area contributed by atoms with E-state index in [1.54, 1.807) is 10.3 Å². The number of carbonyl (C=O) groups is 2. The van der Waals surface area contributed by atoms with Gasteiger partial charge < -0.3 is 19.4 Å². The highest BCUT2D eigenvalue weighted by Gasteiger charge is 2.38. The Kier molecular flexibility index (Phi) is 8.38. The number of amides is 1. The van der Waals surface area contributed by atoms with Gasteiger partial charge in [-0.2, -0.15) is 5.10 Å². The summed E-state index contributed by atoms with van der Waals surface area (Å²) in [6, 6.07) is 2.86.